The molecule has 0 aliphatic heterocycles. The fourth-order valence-electron chi connectivity index (χ4n) is 2.41. The Kier molecular flexibility index (Phi) is 4.16. The minimum absolute atomic E-state index is 0.565. The van der Waals surface area contributed by atoms with Crippen LogP contribution in [0.25, 0.3) is 16.9 Å². The highest BCUT2D eigenvalue weighted by Gasteiger charge is 2.14. The third kappa shape index (κ3) is 2.71. The molecule has 2 heterocycles. The monoisotopic (exact) mass is 294 g/mol. The third-order valence-corrected chi connectivity index (χ3v) is 3.43. The summed E-state index contributed by atoms with van der Waals surface area (Å²) < 4.78 is 7.35. The zero-order chi connectivity index (χ0) is 15.4. The highest BCUT2D eigenvalue weighted by Crippen LogP contribution is 2.28. The molecule has 1 aromatic carbocycles. The van der Waals surface area contributed by atoms with E-state index in [2.05, 4.69) is 16.1 Å². The SMILES string of the molecule is COc1ccccc1-n1nc(CCN)cc1-c1cccnc1. The van der Waals surface area contributed by atoms with Crippen LogP contribution in [0, 0.1) is 0 Å². The summed E-state index contributed by atoms with van der Waals surface area (Å²) >= 11 is 0. The molecule has 22 heavy (non-hydrogen) atoms. The summed E-state index contributed by atoms with van der Waals surface area (Å²) in [6.45, 7) is 0.565. The molecule has 0 aliphatic carbocycles. The Hall–Kier alpha value is -2.66. The molecule has 0 atom stereocenters. The molecule has 5 heteroatoms. The van der Waals surface area contributed by atoms with Crippen molar-refractivity contribution in [1.29, 1.82) is 0 Å². The van der Waals surface area contributed by atoms with E-state index in [1.165, 1.54) is 0 Å². The molecule has 0 saturated heterocycles. The van der Waals surface area contributed by atoms with E-state index in [4.69, 9.17) is 10.5 Å². The van der Waals surface area contributed by atoms with Crippen molar-refractivity contribution in [1.82, 2.24) is 14.8 Å². The first kappa shape index (κ1) is 14.3. The van der Waals surface area contributed by atoms with Gasteiger partial charge in [0.25, 0.3) is 0 Å². The molecule has 0 amide bonds. The number of aromatic nitrogens is 3. The molecule has 0 aliphatic rings. The first-order valence-corrected chi connectivity index (χ1v) is 7.16. The Labute approximate surface area is 129 Å². The number of methoxy groups -OCH3 is 1. The van der Waals surface area contributed by atoms with E-state index in [-0.39, 0.29) is 0 Å². The van der Waals surface area contributed by atoms with Crippen molar-refractivity contribution in [3.63, 3.8) is 0 Å². The lowest BCUT2D eigenvalue weighted by molar-refractivity contribution is 0.412. The van der Waals surface area contributed by atoms with Crippen LogP contribution in [0.3, 0.4) is 0 Å². The first-order chi connectivity index (χ1) is 10.8. The molecule has 0 bridgehead atoms. The molecule has 0 fully saturated rings. The average Bonchev–Trinajstić information content (AvgIpc) is 3.00. The molecule has 5 nitrogen and oxygen atoms in total. The summed E-state index contributed by atoms with van der Waals surface area (Å²) in [5.74, 6) is 0.773. The van der Waals surface area contributed by atoms with Crippen molar-refractivity contribution in [3.05, 3.63) is 60.6 Å². The minimum atomic E-state index is 0.565. The summed E-state index contributed by atoms with van der Waals surface area (Å²) in [7, 11) is 1.66. The molecule has 0 unspecified atom stereocenters. The van der Waals surface area contributed by atoms with E-state index in [1.54, 1.807) is 13.3 Å². The smallest absolute Gasteiger partial charge is 0.144 e. The molecule has 112 valence electrons. The number of rotatable bonds is 5. The van der Waals surface area contributed by atoms with Gasteiger partial charge < -0.3 is 10.5 Å². The van der Waals surface area contributed by atoms with Gasteiger partial charge in [0, 0.05) is 24.4 Å². The standard InChI is InChI=1S/C17H18N4O/c1-22-17-7-3-2-6-15(17)21-16(11-14(20-21)8-9-18)13-5-4-10-19-12-13/h2-7,10-12H,8-9,18H2,1H3. The molecule has 2 N–H and O–H groups in total. The van der Waals surface area contributed by atoms with Crippen LogP contribution in [0.4, 0.5) is 0 Å². The zero-order valence-corrected chi connectivity index (χ0v) is 12.4. The van der Waals surface area contributed by atoms with E-state index >= 15 is 0 Å². The van der Waals surface area contributed by atoms with Crippen LogP contribution in [0.2, 0.25) is 0 Å². The van der Waals surface area contributed by atoms with Gasteiger partial charge in [-0.1, -0.05) is 12.1 Å². The van der Waals surface area contributed by atoms with E-state index in [0.717, 1.165) is 34.8 Å². The van der Waals surface area contributed by atoms with Crippen molar-refractivity contribution in [2.75, 3.05) is 13.7 Å². The number of ether oxygens (including phenoxy) is 1. The van der Waals surface area contributed by atoms with E-state index in [0.29, 0.717) is 6.54 Å². The number of nitrogens with zero attached hydrogens (tertiary/aromatic N) is 3. The summed E-state index contributed by atoms with van der Waals surface area (Å²) in [4.78, 5) is 4.20. The lowest BCUT2D eigenvalue weighted by atomic mass is 10.2. The van der Waals surface area contributed by atoms with Crippen LogP contribution in [0.1, 0.15) is 5.69 Å². The highest BCUT2D eigenvalue weighted by molar-refractivity contribution is 5.63. The van der Waals surface area contributed by atoms with Gasteiger partial charge in [-0.15, -0.1) is 0 Å². The Morgan fingerprint density at radius 3 is 2.77 bits per heavy atom. The van der Waals surface area contributed by atoms with Gasteiger partial charge in [0.2, 0.25) is 0 Å². The molecule has 0 radical (unpaired) electrons. The van der Waals surface area contributed by atoms with Crippen LogP contribution in [-0.2, 0) is 6.42 Å². The first-order valence-electron chi connectivity index (χ1n) is 7.16. The Bertz CT molecular complexity index is 752. The van der Waals surface area contributed by atoms with Crippen molar-refractivity contribution >= 4 is 0 Å². The second kappa shape index (κ2) is 6.41. The lowest BCUT2D eigenvalue weighted by Crippen LogP contribution is -2.05. The van der Waals surface area contributed by atoms with E-state index in [1.807, 2.05) is 47.3 Å². The predicted octanol–water partition coefficient (Wildman–Crippen LogP) is 2.44. The molecule has 3 aromatic rings. The number of benzene rings is 1. The fourth-order valence-corrected chi connectivity index (χ4v) is 2.41. The topological polar surface area (TPSA) is 66.0 Å². The van der Waals surface area contributed by atoms with Gasteiger partial charge in [-0.25, -0.2) is 4.68 Å². The van der Waals surface area contributed by atoms with Crippen LogP contribution in [0.15, 0.2) is 54.9 Å². The average molecular weight is 294 g/mol. The zero-order valence-electron chi connectivity index (χ0n) is 12.4. The number of nitrogens with two attached hydrogens (primary N) is 1. The predicted molar refractivity (Wildman–Crippen MR) is 86.1 cm³/mol. The second-order valence-electron chi connectivity index (χ2n) is 4.88. The third-order valence-electron chi connectivity index (χ3n) is 3.43. The molecule has 3 rings (SSSR count). The maximum absolute atomic E-state index is 5.67. The Morgan fingerprint density at radius 1 is 1.18 bits per heavy atom. The summed E-state index contributed by atoms with van der Waals surface area (Å²) in [5, 5.41) is 4.68. The summed E-state index contributed by atoms with van der Waals surface area (Å²) in [6.07, 6.45) is 4.32. The maximum atomic E-state index is 5.67. The van der Waals surface area contributed by atoms with Crippen LogP contribution in [-0.4, -0.2) is 28.4 Å². The van der Waals surface area contributed by atoms with Gasteiger partial charge in [-0.2, -0.15) is 5.10 Å². The minimum Gasteiger partial charge on any atom is -0.494 e. The molecular formula is C17H18N4O. The van der Waals surface area contributed by atoms with Crippen molar-refractivity contribution in [3.8, 4) is 22.7 Å². The van der Waals surface area contributed by atoms with Gasteiger partial charge in [0.05, 0.1) is 18.5 Å². The molecule has 0 saturated carbocycles. The highest BCUT2D eigenvalue weighted by atomic mass is 16.5. The molecule has 2 aromatic heterocycles. The van der Waals surface area contributed by atoms with Gasteiger partial charge >= 0.3 is 0 Å². The van der Waals surface area contributed by atoms with E-state index < -0.39 is 0 Å². The van der Waals surface area contributed by atoms with Crippen LogP contribution < -0.4 is 10.5 Å². The second-order valence-corrected chi connectivity index (χ2v) is 4.88. The maximum Gasteiger partial charge on any atom is 0.144 e. The van der Waals surface area contributed by atoms with Gasteiger partial charge in [-0.3, -0.25) is 4.98 Å². The van der Waals surface area contributed by atoms with Crippen LogP contribution in [0.5, 0.6) is 5.75 Å². The number of hydrogen-bond acceptors (Lipinski definition) is 4. The van der Waals surface area contributed by atoms with Gasteiger partial charge in [0.1, 0.15) is 11.4 Å². The number of pyridine rings is 1. The normalized spacial score (nSPS) is 10.6. The molecular weight excluding hydrogens is 276 g/mol. The largest absolute Gasteiger partial charge is 0.494 e. The number of para-hydroxylation sites is 2. The Balaban J connectivity index is 2.17. The van der Waals surface area contributed by atoms with Crippen molar-refractivity contribution < 1.29 is 4.74 Å². The van der Waals surface area contributed by atoms with E-state index in [9.17, 15) is 0 Å². The van der Waals surface area contributed by atoms with Gasteiger partial charge in [0.15, 0.2) is 0 Å². The van der Waals surface area contributed by atoms with Crippen molar-refractivity contribution in [2.45, 2.75) is 6.42 Å². The van der Waals surface area contributed by atoms with Crippen LogP contribution >= 0.6 is 0 Å². The summed E-state index contributed by atoms with van der Waals surface area (Å²) in [6, 6.07) is 13.8. The quantitative estimate of drug-likeness (QED) is 0.785. The Morgan fingerprint density at radius 2 is 2.05 bits per heavy atom. The van der Waals surface area contributed by atoms with Crippen molar-refractivity contribution in [2.24, 2.45) is 5.73 Å². The fraction of sp³-hybridized carbons (Fsp3) is 0.176. The lowest BCUT2D eigenvalue weighted by Gasteiger charge is -2.11. The van der Waals surface area contributed by atoms with Gasteiger partial charge in [-0.05, 0) is 36.9 Å². The molecule has 0 spiro atoms. The number of hydrogen-bond donors (Lipinski definition) is 1. The summed E-state index contributed by atoms with van der Waals surface area (Å²) in [5.41, 5.74) is 9.49.